The van der Waals surface area contributed by atoms with E-state index in [1.165, 1.54) is 12.1 Å². The number of hydrogen-bond acceptors (Lipinski definition) is 2. The van der Waals surface area contributed by atoms with E-state index in [1.54, 1.807) is 12.5 Å². The van der Waals surface area contributed by atoms with Crippen molar-refractivity contribution >= 4 is 17.3 Å². The van der Waals surface area contributed by atoms with Gasteiger partial charge in [0, 0.05) is 31.2 Å². The molecule has 0 spiro atoms. The molecule has 1 N–H and O–H groups in total. The van der Waals surface area contributed by atoms with Gasteiger partial charge in [0.25, 0.3) is 0 Å². The van der Waals surface area contributed by atoms with Crippen LogP contribution < -0.4 is 5.32 Å². The molecule has 0 saturated carbocycles. The number of nitrogens with one attached hydrogen (secondary N) is 1. The second kappa shape index (κ2) is 6.17. The van der Waals surface area contributed by atoms with E-state index in [9.17, 15) is 13.2 Å². The standard InChI is InChI=1S/C13H13ClF3N3/c14-12-3-2-10(8-11(12)13(15,16)17)19-4-1-6-20-7-5-18-9-20/h2-3,5,7-9,19H,1,4,6H2. The Hall–Kier alpha value is -1.69. The Balaban J connectivity index is 1.90. The van der Waals surface area contributed by atoms with Gasteiger partial charge >= 0.3 is 6.18 Å². The van der Waals surface area contributed by atoms with Gasteiger partial charge in [-0.2, -0.15) is 13.2 Å². The van der Waals surface area contributed by atoms with E-state index in [2.05, 4.69) is 10.3 Å². The highest BCUT2D eigenvalue weighted by Crippen LogP contribution is 2.36. The van der Waals surface area contributed by atoms with Gasteiger partial charge < -0.3 is 9.88 Å². The Morgan fingerprint density at radius 3 is 2.75 bits per heavy atom. The van der Waals surface area contributed by atoms with Gasteiger partial charge in [0.2, 0.25) is 0 Å². The van der Waals surface area contributed by atoms with E-state index in [-0.39, 0.29) is 5.02 Å². The third-order valence-electron chi connectivity index (χ3n) is 2.75. The van der Waals surface area contributed by atoms with Crippen LogP contribution in [0.4, 0.5) is 18.9 Å². The number of nitrogens with zero attached hydrogens (tertiary/aromatic N) is 2. The van der Waals surface area contributed by atoms with E-state index in [0.29, 0.717) is 12.2 Å². The minimum absolute atomic E-state index is 0.290. The van der Waals surface area contributed by atoms with Gasteiger partial charge in [0.15, 0.2) is 0 Å². The highest BCUT2D eigenvalue weighted by molar-refractivity contribution is 6.31. The number of rotatable bonds is 5. The third kappa shape index (κ3) is 3.90. The summed E-state index contributed by atoms with van der Waals surface area (Å²) in [6, 6.07) is 3.82. The van der Waals surface area contributed by atoms with Crippen molar-refractivity contribution in [1.29, 1.82) is 0 Å². The fraction of sp³-hybridized carbons (Fsp3) is 0.308. The molecule has 0 aliphatic heterocycles. The maximum atomic E-state index is 12.7. The summed E-state index contributed by atoms with van der Waals surface area (Å²) < 4.78 is 39.9. The molecule has 0 saturated heterocycles. The lowest BCUT2D eigenvalue weighted by atomic mass is 10.2. The minimum Gasteiger partial charge on any atom is -0.385 e. The predicted octanol–water partition coefficient (Wildman–Crippen LogP) is 4.06. The molecule has 0 aliphatic rings. The maximum absolute atomic E-state index is 12.7. The normalized spacial score (nSPS) is 11.6. The third-order valence-corrected chi connectivity index (χ3v) is 3.08. The maximum Gasteiger partial charge on any atom is 0.417 e. The SMILES string of the molecule is FC(F)(F)c1cc(NCCCn2ccnc2)ccc1Cl. The van der Waals surface area contributed by atoms with Gasteiger partial charge in [-0.15, -0.1) is 0 Å². The number of alkyl halides is 3. The van der Waals surface area contributed by atoms with Crippen LogP contribution in [0, 0.1) is 0 Å². The fourth-order valence-electron chi connectivity index (χ4n) is 1.77. The van der Waals surface area contributed by atoms with Crippen molar-refractivity contribution in [2.24, 2.45) is 0 Å². The first-order chi connectivity index (χ1) is 9.47. The highest BCUT2D eigenvalue weighted by Gasteiger charge is 2.33. The van der Waals surface area contributed by atoms with Crippen LogP contribution in [0.25, 0.3) is 0 Å². The molecule has 2 rings (SSSR count). The highest BCUT2D eigenvalue weighted by atomic mass is 35.5. The molecule has 1 aromatic heterocycles. The fourth-order valence-corrected chi connectivity index (χ4v) is 1.99. The molecule has 7 heteroatoms. The van der Waals surface area contributed by atoms with Crippen LogP contribution in [-0.4, -0.2) is 16.1 Å². The Kier molecular flexibility index (Phi) is 4.54. The van der Waals surface area contributed by atoms with E-state index in [4.69, 9.17) is 11.6 Å². The van der Waals surface area contributed by atoms with Crippen LogP contribution in [0.3, 0.4) is 0 Å². The van der Waals surface area contributed by atoms with Crippen LogP contribution in [-0.2, 0) is 12.7 Å². The smallest absolute Gasteiger partial charge is 0.385 e. The van der Waals surface area contributed by atoms with Crippen LogP contribution in [0.2, 0.25) is 5.02 Å². The van der Waals surface area contributed by atoms with Gasteiger partial charge in [-0.1, -0.05) is 11.6 Å². The Morgan fingerprint density at radius 2 is 2.10 bits per heavy atom. The van der Waals surface area contributed by atoms with Crippen molar-refractivity contribution in [3.63, 3.8) is 0 Å². The second-order valence-corrected chi connectivity index (χ2v) is 4.68. The number of imidazole rings is 1. The van der Waals surface area contributed by atoms with Crippen molar-refractivity contribution in [3.8, 4) is 0 Å². The molecule has 0 amide bonds. The van der Waals surface area contributed by atoms with E-state index < -0.39 is 11.7 Å². The molecule has 20 heavy (non-hydrogen) atoms. The minimum atomic E-state index is -4.44. The number of anilines is 1. The lowest BCUT2D eigenvalue weighted by Gasteiger charge is -2.12. The van der Waals surface area contributed by atoms with Crippen LogP contribution in [0.1, 0.15) is 12.0 Å². The molecular formula is C13H13ClF3N3. The van der Waals surface area contributed by atoms with Crippen LogP contribution in [0.5, 0.6) is 0 Å². The quantitative estimate of drug-likeness (QED) is 0.844. The summed E-state index contributed by atoms with van der Waals surface area (Å²) in [5.41, 5.74) is -0.411. The van der Waals surface area contributed by atoms with E-state index >= 15 is 0 Å². The summed E-state index contributed by atoms with van der Waals surface area (Å²) in [6.07, 6.45) is 1.56. The summed E-state index contributed by atoms with van der Waals surface area (Å²) >= 11 is 5.55. The zero-order valence-corrected chi connectivity index (χ0v) is 11.2. The first-order valence-electron chi connectivity index (χ1n) is 6.03. The molecule has 0 unspecified atom stereocenters. The first-order valence-corrected chi connectivity index (χ1v) is 6.41. The first kappa shape index (κ1) is 14.7. The topological polar surface area (TPSA) is 29.9 Å². The van der Waals surface area contributed by atoms with Crippen molar-refractivity contribution < 1.29 is 13.2 Å². The lowest BCUT2D eigenvalue weighted by molar-refractivity contribution is -0.137. The summed E-state index contributed by atoms with van der Waals surface area (Å²) in [4.78, 5) is 3.91. The van der Waals surface area contributed by atoms with Crippen LogP contribution in [0.15, 0.2) is 36.9 Å². The molecule has 0 aliphatic carbocycles. The lowest BCUT2D eigenvalue weighted by Crippen LogP contribution is -2.09. The zero-order valence-electron chi connectivity index (χ0n) is 10.5. The van der Waals surface area contributed by atoms with Gasteiger partial charge in [-0.05, 0) is 24.6 Å². The van der Waals surface area contributed by atoms with Crippen molar-refractivity contribution in [2.45, 2.75) is 19.1 Å². The summed E-state index contributed by atoms with van der Waals surface area (Å²) in [6.45, 7) is 1.32. The number of hydrogen-bond donors (Lipinski definition) is 1. The Labute approximate surface area is 119 Å². The molecule has 1 heterocycles. The van der Waals surface area contributed by atoms with Gasteiger partial charge in [0.1, 0.15) is 0 Å². The average Bonchev–Trinajstić information content (AvgIpc) is 2.88. The number of benzene rings is 1. The number of aromatic nitrogens is 2. The molecule has 0 atom stereocenters. The second-order valence-electron chi connectivity index (χ2n) is 4.27. The Bertz CT molecular complexity index is 552. The predicted molar refractivity (Wildman–Crippen MR) is 71.8 cm³/mol. The number of aryl methyl sites for hydroxylation is 1. The molecular weight excluding hydrogens is 291 g/mol. The monoisotopic (exact) mass is 303 g/mol. The van der Waals surface area contributed by atoms with Gasteiger partial charge in [0.05, 0.1) is 16.9 Å². The van der Waals surface area contributed by atoms with E-state index in [0.717, 1.165) is 19.0 Å². The summed E-state index contributed by atoms with van der Waals surface area (Å²) in [7, 11) is 0. The van der Waals surface area contributed by atoms with Gasteiger partial charge in [-0.3, -0.25) is 0 Å². The summed E-state index contributed by atoms with van der Waals surface area (Å²) in [5, 5.41) is 2.66. The molecule has 0 fully saturated rings. The zero-order chi connectivity index (χ0) is 14.6. The molecule has 108 valence electrons. The molecule has 1 aromatic carbocycles. The Morgan fingerprint density at radius 1 is 1.30 bits per heavy atom. The molecule has 3 nitrogen and oxygen atoms in total. The van der Waals surface area contributed by atoms with Crippen molar-refractivity contribution in [2.75, 3.05) is 11.9 Å². The van der Waals surface area contributed by atoms with E-state index in [1.807, 2.05) is 10.8 Å². The van der Waals surface area contributed by atoms with Crippen LogP contribution >= 0.6 is 11.6 Å². The van der Waals surface area contributed by atoms with Crippen molar-refractivity contribution in [1.82, 2.24) is 9.55 Å². The average molecular weight is 304 g/mol. The molecule has 2 aromatic rings. The van der Waals surface area contributed by atoms with Gasteiger partial charge in [-0.25, -0.2) is 4.98 Å². The molecule has 0 radical (unpaired) electrons. The number of halogens is 4. The summed E-state index contributed by atoms with van der Waals surface area (Å²) in [5.74, 6) is 0. The largest absolute Gasteiger partial charge is 0.417 e. The van der Waals surface area contributed by atoms with Crippen molar-refractivity contribution in [3.05, 3.63) is 47.5 Å². The molecule has 0 bridgehead atoms.